The van der Waals surface area contributed by atoms with Gasteiger partial charge in [-0.05, 0) is 31.2 Å². The zero-order valence-corrected chi connectivity index (χ0v) is 16.2. The second-order valence-corrected chi connectivity index (χ2v) is 7.08. The van der Waals surface area contributed by atoms with Crippen molar-refractivity contribution in [2.45, 2.75) is 24.7 Å². The van der Waals surface area contributed by atoms with Crippen molar-refractivity contribution in [1.82, 2.24) is 9.97 Å². The van der Waals surface area contributed by atoms with E-state index in [9.17, 15) is 18.0 Å². The molecule has 0 saturated carbocycles. The molecule has 0 aliphatic carbocycles. The number of amides is 1. The number of esters is 1. The molecule has 28 heavy (non-hydrogen) atoms. The molecule has 0 atom stereocenters. The largest absolute Gasteiger partial charge is 0.478 e. The van der Waals surface area contributed by atoms with E-state index in [4.69, 9.17) is 9.47 Å². The van der Waals surface area contributed by atoms with Crippen molar-refractivity contribution in [2.24, 2.45) is 0 Å². The molecule has 0 aliphatic rings. The van der Waals surface area contributed by atoms with Gasteiger partial charge in [0.05, 0.1) is 25.0 Å². The van der Waals surface area contributed by atoms with Crippen LogP contribution in [0.5, 0.6) is 5.88 Å². The van der Waals surface area contributed by atoms with Crippen LogP contribution in [0, 0.1) is 0 Å². The third-order valence-corrected chi connectivity index (χ3v) is 4.75. The first-order valence-electron chi connectivity index (χ1n) is 8.29. The first kappa shape index (κ1) is 21.1. The Bertz CT molecular complexity index is 931. The maximum absolute atomic E-state index is 12.5. The van der Waals surface area contributed by atoms with E-state index >= 15 is 0 Å². The van der Waals surface area contributed by atoms with Crippen molar-refractivity contribution in [1.29, 1.82) is 0 Å². The zero-order valence-electron chi connectivity index (χ0n) is 15.3. The molecule has 1 heterocycles. The Morgan fingerprint density at radius 2 is 1.75 bits per heavy atom. The van der Waals surface area contributed by atoms with Crippen LogP contribution in [0.15, 0.2) is 41.6 Å². The molecule has 2 aromatic rings. The van der Waals surface area contributed by atoms with Crippen molar-refractivity contribution in [2.75, 3.05) is 23.8 Å². The maximum Gasteiger partial charge on any atom is 0.306 e. The van der Waals surface area contributed by atoms with Crippen LogP contribution in [0.25, 0.3) is 0 Å². The molecule has 2 rings (SSSR count). The Morgan fingerprint density at radius 3 is 2.39 bits per heavy atom. The first-order valence-corrected chi connectivity index (χ1v) is 9.77. The molecule has 1 aromatic heterocycles. The highest BCUT2D eigenvalue weighted by molar-refractivity contribution is 7.92. The quantitative estimate of drug-likeness (QED) is 0.597. The highest BCUT2D eigenvalue weighted by Crippen LogP contribution is 2.22. The fourth-order valence-corrected chi connectivity index (χ4v) is 3.13. The Labute approximate surface area is 162 Å². The van der Waals surface area contributed by atoms with Crippen LogP contribution in [0.1, 0.15) is 19.8 Å². The summed E-state index contributed by atoms with van der Waals surface area (Å²) < 4.78 is 36.9. The summed E-state index contributed by atoms with van der Waals surface area (Å²) in [5, 5.41) is 2.58. The Balaban J connectivity index is 2.01. The number of nitrogens with one attached hydrogen (secondary N) is 2. The lowest BCUT2D eigenvalue weighted by atomic mass is 10.2. The van der Waals surface area contributed by atoms with Crippen LogP contribution in [0.4, 0.5) is 11.5 Å². The number of aromatic nitrogens is 2. The first-order chi connectivity index (χ1) is 13.4. The van der Waals surface area contributed by atoms with Crippen LogP contribution in [-0.2, 0) is 24.3 Å². The van der Waals surface area contributed by atoms with Gasteiger partial charge in [-0.2, -0.15) is 0 Å². The van der Waals surface area contributed by atoms with Gasteiger partial charge >= 0.3 is 5.97 Å². The molecule has 0 unspecified atom stereocenters. The van der Waals surface area contributed by atoms with Gasteiger partial charge in [-0.15, -0.1) is 0 Å². The van der Waals surface area contributed by atoms with E-state index in [1.54, 1.807) is 6.92 Å². The van der Waals surface area contributed by atoms with Gasteiger partial charge in [0.25, 0.3) is 15.9 Å². The molecule has 10 nitrogen and oxygen atoms in total. The molecule has 11 heteroatoms. The van der Waals surface area contributed by atoms with Gasteiger partial charge in [0.2, 0.25) is 11.7 Å². The van der Waals surface area contributed by atoms with Gasteiger partial charge in [-0.3, -0.25) is 14.3 Å². The van der Waals surface area contributed by atoms with Gasteiger partial charge in [0.15, 0.2) is 0 Å². The number of methoxy groups -OCH3 is 1. The number of rotatable bonds is 9. The van der Waals surface area contributed by atoms with E-state index in [-0.39, 0.29) is 41.9 Å². The molecule has 0 spiro atoms. The van der Waals surface area contributed by atoms with Crippen LogP contribution in [0.3, 0.4) is 0 Å². The molecule has 1 aromatic carbocycles. The summed E-state index contributed by atoms with van der Waals surface area (Å²) in [5.41, 5.74) is 0.393. The van der Waals surface area contributed by atoms with E-state index < -0.39 is 16.0 Å². The summed E-state index contributed by atoms with van der Waals surface area (Å²) in [6.45, 7) is 1.94. The van der Waals surface area contributed by atoms with E-state index in [0.29, 0.717) is 5.69 Å². The Hall–Kier alpha value is -3.21. The molecule has 1 amide bonds. The predicted molar refractivity (Wildman–Crippen MR) is 100 cm³/mol. The molecule has 0 bridgehead atoms. The molecule has 2 N–H and O–H groups in total. The van der Waals surface area contributed by atoms with Gasteiger partial charge in [0.1, 0.15) is 0 Å². The summed E-state index contributed by atoms with van der Waals surface area (Å²) in [7, 11) is -2.58. The van der Waals surface area contributed by atoms with Gasteiger partial charge in [-0.1, -0.05) is 0 Å². The summed E-state index contributed by atoms with van der Waals surface area (Å²) >= 11 is 0. The second-order valence-electron chi connectivity index (χ2n) is 5.40. The lowest BCUT2D eigenvalue weighted by Gasteiger charge is -2.10. The van der Waals surface area contributed by atoms with Crippen LogP contribution in [0.2, 0.25) is 0 Å². The third kappa shape index (κ3) is 5.91. The standard InChI is InChI=1S/C17H20N4O6S/c1-3-27-15(23)9-8-14(22)20-12-4-6-13(7-5-12)28(24,25)21-16-17(26-2)19-11-10-18-16/h4-7,10-11H,3,8-9H2,1-2H3,(H,18,21)(H,20,22). The average molecular weight is 408 g/mol. The number of sulfonamides is 1. The summed E-state index contributed by atoms with van der Waals surface area (Å²) in [4.78, 5) is 30.8. The van der Waals surface area contributed by atoms with Crippen LogP contribution in [-0.4, -0.2) is 44.0 Å². The van der Waals surface area contributed by atoms with Crippen molar-refractivity contribution in [3.05, 3.63) is 36.7 Å². The van der Waals surface area contributed by atoms with Crippen molar-refractivity contribution in [3.63, 3.8) is 0 Å². The minimum atomic E-state index is -3.93. The SMILES string of the molecule is CCOC(=O)CCC(=O)Nc1ccc(S(=O)(=O)Nc2nccnc2OC)cc1. The number of ether oxygens (including phenoxy) is 2. The number of benzene rings is 1. The van der Waals surface area contributed by atoms with E-state index in [1.165, 1.54) is 43.8 Å². The van der Waals surface area contributed by atoms with Gasteiger partial charge in [0, 0.05) is 24.5 Å². The van der Waals surface area contributed by atoms with Crippen molar-refractivity contribution in [3.8, 4) is 5.88 Å². The van der Waals surface area contributed by atoms with Crippen molar-refractivity contribution >= 4 is 33.4 Å². The minimum Gasteiger partial charge on any atom is -0.478 e. The van der Waals surface area contributed by atoms with E-state index in [0.717, 1.165) is 0 Å². The van der Waals surface area contributed by atoms with Crippen molar-refractivity contribution < 1.29 is 27.5 Å². The minimum absolute atomic E-state index is 0.0317. The van der Waals surface area contributed by atoms with E-state index in [1.807, 2.05) is 0 Å². The topological polar surface area (TPSA) is 137 Å². The molecular formula is C17H20N4O6S. The highest BCUT2D eigenvalue weighted by Gasteiger charge is 2.18. The summed E-state index contributed by atoms with van der Waals surface area (Å²) in [6.07, 6.45) is 2.63. The fourth-order valence-electron chi connectivity index (χ4n) is 2.12. The summed E-state index contributed by atoms with van der Waals surface area (Å²) in [6, 6.07) is 5.52. The molecule has 0 fully saturated rings. The molecule has 0 radical (unpaired) electrons. The molecular weight excluding hydrogens is 388 g/mol. The predicted octanol–water partition coefficient (Wildman–Crippen LogP) is 1.57. The van der Waals surface area contributed by atoms with Crippen LogP contribution >= 0.6 is 0 Å². The number of anilines is 2. The van der Waals surface area contributed by atoms with E-state index in [2.05, 4.69) is 20.0 Å². The second kappa shape index (κ2) is 9.65. The molecule has 0 saturated heterocycles. The lowest BCUT2D eigenvalue weighted by Crippen LogP contribution is -2.16. The summed E-state index contributed by atoms with van der Waals surface area (Å²) in [5.74, 6) is -0.839. The molecule has 0 aliphatic heterocycles. The zero-order chi connectivity index (χ0) is 20.6. The number of nitrogens with zero attached hydrogens (tertiary/aromatic N) is 2. The monoisotopic (exact) mass is 408 g/mol. The molecule has 150 valence electrons. The fraction of sp³-hybridized carbons (Fsp3) is 0.294. The third-order valence-electron chi connectivity index (χ3n) is 3.40. The number of hydrogen-bond acceptors (Lipinski definition) is 8. The maximum atomic E-state index is 12.5. The Kier molecular flexibility index (Phi) is 7.27. The highest BCUT2D eigenvalue weighted by atomic mass is 32.2. The number of carbonyl (C=O) groups excluding carboxylic acids is 2. The lowest BCUT2D eigenvalue weighted by molar-refractivity contribution is -0.144. The van der Waals surface area contributed by atoms with Crippen LogP contribution < -0.4 is 14.8 Å². The normalized spacial score (nSPS) is 10.8. The Morgan fingerprint density at radius 1 is 1.07 bits per heavy atom. The van der Waals surface area contributed by atoms with Gasteiger partial charge in [-0.25, -0.2) is 18.4 Å². The average Bonchev–Trinajstić information content (AvgIpc) is 2.67. The smallest absolute Gasteiger partial charge is 0.306 e. The van der Waals surface area contributed by atoms with Gasteiger partial charge < -0.3 is 14.8 Å². The number of hydrogen-bond donors (Lipinski definition) is 2. The number of carbonyl (C=O) groups is 2.